The summed E-state index contributed by atoms with van der Waals surface area (Å²) in [5.74, 6) is -1.57. The number of aryl methyl sites for hydroxylation is 1. The molecule has 7 nitrogen and oxygen atoms in total. The SMILES string of the molecule is CCCc1cc(=O)n2c(C(=O)Nc3cccc(C(F)(F)F)c3)c(C(=O)Nc3ccccc3)sc2n1. The Balaban J connectivity index is 1.79. The van der Waals surface area contributed by atoms with Gasteiger partial charge in [0.1, 0.15) is 10.6 Å². The first-order valence-electron chi connectivity index (χ1n) is 10.6. The second-order valence-corrected chi connectivity index (χ2v) is 8.56. The van der Waals surface area contributed by atoms with Crippen LogP contribution in [0.2, 0.25) is 0 Å². The van der Waals surface area contributed by atoms with Gasteiger partial charge in [-0.1, -0.05) is 48.9 Å². The minimum absolute atomic E-state index is 0.100. The average Bonchev–Trinajstić information content (AvgIpc) is 3.20. The van der Waals surface area contributed by atoms with E-state index in [1.807, 2.05) is 6.92 Å². The minimum atomic E-state index is -4.60. The van der Waals surface area contributed by atoms with Gasteiger partial charge in [0.15, 0.2) is 4.96 Å². The van der Waals surface area contributed by atoms with E-state index in [2.05, 4.69) is 15.6 Å². The van der Waals surface area contributed by atoms with Gasteiger partial charge in [-0.15, -0.1) is 0 Å². The minimum Gasteiger partial charge on any atom is -0.321 e. The van der Waals surface area contributed by atoms with Crippen molar-refractivity contribution in [3.63, 3.8) is 0 Å². The predicted octanol–water partition coefficient (Wildman–Crippen LogP) is 5.23. The van der Waals surface area contributed by atoms with Crippen LogP contribution in [0.4, 0.5) is 24.5 Å². The Labute approximate surface area is 201 Å². The van der Waals surface area contributed by atoms with Crippen LogP contribution in [0, 0.1) is 0 Å². The summed E-state index contributed by atoms with van der Waals surface area (Å²) < 4.78 is 40.3. The van der Waals surface area contributed by atoms with Crippen LogP contribution < -0.4 is 16.2 Å². The van der Waals surface area contributed by atoms with Gasteiger partial charge in [-0.2, -0.15) is 13.2 Å². The lowest BCUT2D eigenvalue weighted by atomic mass is 10.2. The summed E-state index contributed by atoms with van der Waals surface area (Å²) in [6.07, 6.45) is -3.34. The molecule has 0 bridgehead atoms. The lowest BCUT2D eigenvalue weighted by molar-refractivity contribution is -0.137. The molecule has 0 unspecified atom stereocenters. The second-order valence-electron chi connectivity index (χ2n) is 7.59. The second kappa shape index (κ2) is 9.71. The molecule has 0 atom stereocenters. The molecule has 2 heterocycles. The molecule has 4 aromatic rings. The topological polar surface area (TPSA) is 92.6 Å². The van der Waals surface area contributed by atoms with Gasteiger partial charge in [0, 0.05) is 23.1 Å². The summed E-state index contributed by atoms with van der Waals surface area (Å²) in [6, 6.07) is 13.9. The van der Waals surface area contributed by atoms with Gasteiger partial charge in [-0.25, -0.2) is 9.38 Å². The molecule has 0 saturated heterocycles. The van der Waals surface area contributed by atoms with E-state index in [0.717, 1.165) is 40.4 Å². The van der Waals surface area contributed by atoms with E-state index in [9.17, 15) is 27.6 Å². The summed E-state index contributed by atoms with van der Waals surface area (Å²) in [5.41, 5.74) is -0.985. The van der Waals surface area contributed by atoms with Gasteiger partial charge in [-0.05, 0) is 36.8 Å². The van der Waals surface area contributed by atoms with Gasteiger partial charge in [-0.3, -0.25) is 14.4 Å². The van der Waals surface area contributed by atoms with Crippen LogP contribution in [0.25, 0.3) is 4.96 Å². The van der Waals surface area contributed by atoms with Crippen LogP contribution in [0.15, 0.2) is 65.5 Å². The number of rotatable bonds is 6. The average molecular weight is 501 g/mol. The number of amides is 2. The van der Waals surface area contributed by atoms with Crippen LogP contribution in [0.1, 0.15) is 44.8 Å². The molecule has 4 rings (SSSR count). The van der Waals surface area contributed by atoms with Crippen molar-refractivity contribution in [1.29, 1.82) is 0 Å². The summed E-state index contributed by atoms with van der Waals surface area (Å²) in [7, 11) is 0. The van der Waals surface area contributed by atoms with Gasteiger partial charge < -0.3 is 10.6 Å². The maximum Gasteiger partial charge on any atom is 0.416 e. The number of halogens is 3. The third-order valence-corrected chi connectivity index (χ3v) is 6.02. The number of anilines is 2. The molecule has 2 aromatic carbocycles. The Bertz CT molecular complexity index is 1460. The fraction of sp³-hybridized carbons (Fsp3) is 0.167. The zero-order valence-electron chi connectivity index (χ0n) is 18.3. The Kier molecular flexibility index (Phi) is 6.70. The van der Waals surface area contributed by atoms with Gasteiger partial charge in [0.05, 0.1) is 5.56 Å². The lowest BCUT2D eigenvalue weighted by Crippen LogP contribution is -2.25. The highest BCUT2D eigenvalue weighted by molar-refractivity contribution is 7.19. The molecule has 0 aliphatic carbocycles. The highest BCUT2D eigenvalue weighted by Crippen LogP contribution is 2.31. The van der Waals surface area contributed by atoms with Crippen molar-refractivity contribution in [1.82, 2.24) is 9.38 Å². The Morgan fingerprint density at radius 3 is 2.34 bits per heavy atom. The molecule has 0 spiro atoms. The molecule has 180 valence electrons. The normalized spacial score (nSPS) is 11.4. The number of para-hydroxylation sites is 1. The molecule has 2 amide bonds. The number of carbonyl (C=O) groups is 2. The third-order valence-electron chi connectivity index (χ3n) is 4.98. The van der Waals surface area contributed by atoms with Crippen molar-refractivity contribution in [2.45, 2.75) is 25.9 Å². The number of aromatic nitrogens is 2. The first-order valence-corrected chi connectivity index (χ1v) is 11.4. The van der Waals surface area contributed by atoms with E-state index < -0.39 is 29.1 Å². The number of nitrogens with zero attached hydrogens (tertiary/aromatic N) is 2. The van der Waals surface area contributed by atoms with Crippen LogP contribution in [0.3, 0.4) is 0 Å². The third kappa shape index (κ3) is 5.24. The maximum absolute atomic E-state index is 13.2. The molecule has 0 saturated carbocycles. The van der Waals surface area contributed by atoms with E-state index in [4.69, 9.17) is 0 Å². The summed E-state index contributed by atoms with van der Waals surface area (Å²) in [5, 5.41) is 5.04. The van der Waals surface area contributed by atoms with Crippen molar-refractivity contribution in [2.75, 3.05) is 10.6 Å². The first kappa shape index (κ1) is 24.1. The lowest BCUT2D eigenvalue weighted by Gasteiger charge is -2.11. The molecular formula is C24H19F3N4O3S. The molecule has 0 radical (unpaired) electrons. The van der Waals surface area contributed by atoms with E-state index in [-0.39, 0.29) is 21.2 Å². The van der Waals surface area contributed by atoms with Gasteiger partial charge >= 0.3 is 6.18 Å². The smallest absolute Gasteiger partial charge is 0.321 e. The van der Waals surface area contributed by atoms with Crippen LogP contribution in [-0.4, -0.2) is 21.2 Å². The molecule has 35 heavy (non-hydrogen) atoms. The summed E-state index contributed by atoms with van der Waals surface area (Å²) >= 11 is 0.851. The number of nitrogens with one attached hydrogen (secondary N) is 2. The number of hydrogen-bond acceptors (Lipinski definition) is 5. The van der Waals surface area contributed by atoms with Crippen molar-refractivity contribution in [3.05, 3.63) is 92.8 Å². The fourth-order valence-corrected chi connectivity index (χ4v) is 4.48. The summed E-state index contributed by atoms with van der Waals surface area (Å²) in [4.78, 5) is 43.7. The number of fused-ring (bicyclic) bond motifs is 1. The van der Waals surface area contributed by atoms with Crippen molar-refractivity contribution in [2.24, 2.45) is 0 Å². The molecule has 0 fully saturated rings. The predicted molar refractivity (Wildman–Crippen MR) is 127 cm³/mol. The van der Waals surface area contributed by atoms with Crippen LogP contribution in [0.5, 0.6) is 0 Å². The summed E-state index contributed by atoms with van der Waals surface area (Å²) in [6.45, 7) is 1.92. The Morgan fingerprint density at radius 2 is 1.66 bits per heavy atom. The van der Waals surface area contributed by atoms with Crippen LogP contribution >= 0.6 is 11.3 Å². The van der Waals surface area contributed by atoms with E-state index in [0.29, 0.717) is 17.8 Å². The molecule has 0 aliphatic heterocycles. The van der Waals surface area contributed by atoms with E-state index in [1.54, 1.807) is 30.3 Å². The molecule has 2 aromatic heterocycles. The van der Waals surface area contributed by atoms with E-state index in [1.165, 1.54) is 12.1 Å². The van der Waals surface area contributed by atoms with Gasteiger partial charge in [0.25, 0.3) is 17.4 Å². The highest BCUT2D eigenvalue weighted by atomic mass is 32.1. The Morgan fingerprint density at radius 1 is 0.971 bits per heavy atom. The van der Waals surface area contributed by atoms with Crippen molar-refractivity contribution < 1.29 is 22.8 Å². The molecule has 0 aliphatic rings. The largest absolute Gasteiger partial charge is 0.416 e. The number of hydrogen-bond donors (Lipinski definition) is 2. The highest BCUT2D eigenvalue weighted by Gasteiger charge is 2.31. The van der Waals surface area contributed by atoms with Crippen molar-refractivity contribution in [3.8, 4) is 0 Å². The molecular weight excluding hydrogens is 481 g/mol. The van der Waals surface area contributed by atoms with Crippen LogP contribution in [-0.2, 0) is 12.6 Å². The molecule has 11 heteroatoms. The van der Waals surface area contributed by atoms with Crippen molar-refractivity contribution >= 4 is 39.5 Å². The molecule has 2 N–H and O–H groups in total. The monoisotopic (exact) mass is 500 g/mol. The number of benzene rings is 2. The first-order chi connectivity index (χ1) is 16.7. The maximum atomic E-state index is 13.2. The van der Waals surface area contributed by atoms with Gasteiger partial charge in [0.2, 0.25) is 0 Å². The van der Waals surface area contributed by atoms with E-state index >= 15 is 0 Å². The fourth-order valence-electron chi connectivity index (χ4n) is 3.44. The quantitative estimate of drug-likeness (QED) is 0.379. The standard InChI is InChI=1S/C24H19F3N4O3S/c1-2-7-16-13-18(32)31-19(21(33)29-17-11-6-8-14(12-17)24(25,26)27)20(35-23(31)30-16)22(34)28-15-9-4-3-5-10-15/h3-6,8-13H,2,7H2,1H3,(H,28,34)(H,29,33). The zero-order chi connectivity index (χ0) is 25.2. The number of carbonyl (C=O) groups excluding carboxylic acids is 2. The number of alkyl halides is 3. The Hall–Kier alpha value is -3.99. The zero-order valence-corrected chi connectivity index (χ0v) is 19.2. The number of thiazole rings is 1.